The number of hydrogen-bond acceptors (Lipinski definition) is 4. The summed E-state index contributed by atoms with van der Waals surface area (Å²) in [5.41, 5.74) is 1.22. The molecular formula is C19H21NO5. The Hall–Kier alpha value is -2.86. The highest BCUT2D eigenvalue weighted by Gasteiger charge is 2.21. The number of carbonyl (C=O) groups is 2. The van der Waals surface area contributed by atoms with Gasteiger partial charge in [-0.2, -0.15) is 0 Å². The third-order valence-electron chi connectivity index (χ3n) is 3.56. The number of benzene rings is 2. The number of carboxylic acid groups (broad SMARTS) is 1. The monoisotopic (exact) mass is 343 g/mol. The summed E-state index contributed by atoms with van der Waals surface area (Å²) in [4.78, 5) is 23.7. The fourth-order valence-electron chi connectivity index (χ4n) is 2.24. The van der Waals surface area contributed by atoms with Gasteiger partial charge in [0.1, 0.15) is 18.4 Å². The maximum Gasteiger partial charge on any atom is 0.326 e. The van der Waals surface area contributed by atoms with Crippen molar-refractivity contribution in [3.05, 3.63) is 65.7 Å². The van der Waals surface area contributed by atoms with Crippen LogP contribution in [0.15, 0.2) is 54.6 Å². The van der Waals surface area contributed by atoms with E-state index in [0.29, 0.717) is 24.5 Å². The molecule has 25 heavy (non-hydrogen) atoms. The molecule has 0 aliphatic carbocycles. The molecule has 0 radical (unpaired) electrons. The van der Waals surface area contributed by atoms with Gasteiger partial charge in [-0.25, -0.2) is 4.79 Å². The van der Waals surface area contributed by atoms with Crippen molar-refractivity contribution in [3.63, 3.8) is 0 Å². The van der Waals surface area contributed by atoms with Crippen molar-refractivity contribution in [1.82, 2.24) is 5.32 Å². The van der Waals surface area contributed by atoms with Crippen molar-refractivity contribution in [2.45, 2.75) is 12.5 Å². The Morgan fingerprint density at radius 3 is 2.32 bits per heavy atom. The van der Waals surface area contributed by atoms with Gasteiger partial charge in [-0.3, -0.25) is 4.79 Å². The molecule has 2 aromatic rings. The largest absolute Gasteiger partial charge is 0.491 e. The molecule has 2 rings (SSSR count). The Bertz CT molecular complexity index is 685. The Labute approximate surface area is 146 Å². The molecule has 0 saturated carbocycles. The Kier molecular flexibility index (Phi) is 6.98. The third kappa shape index (κ3) is 5.93. The SMILES string of the molecule is COCCOc1ccc(C(=O)NC(Cc2ccccc2)C(=O)O)cc1. The predicted octanol–water partition coefficient (Wildman–Crippen LogP) is 2.14. The van der Waals surface area contributed by atoms with Crippen LogP contribution < -0.4 is 10.1 Å². The molecule has 6 heteroatoms. The average molecular weight is 343 g/mol. The van der Waals surface area contributed by atoms with Gasteiger partial charge in [0.05, 0.1) is 6.61 Å². The summed E-state index contributed by atoms with van der Waals surface area (Å²) >= 11 is 0. The van der Waals surface area contributed by atoms with Gasteiger partial charge in [0, 0.05) is 19.1 Å². The number of carboxylic acids is 1. The molecule has 0 saturated heterocycles. The molecule has 0 fully saturated rings. The molecule has 2 N–H and O–H groups in total. The highest BCUT2D eigenvalue weighted by Crippen LogP contribution is 2.13. The summed E-state index contributed by atoms with van der Waals surface area (Å²) in [6, 6.07) is 14.7. The fourth-order valence-corrected chi connectivity index (χ4v) is 2.24. The maximum absolute atomic E-state index is 12.3. The summed E-state index contributed by atoms with van der Waals surface area (Å²) in [7, 11) is 1.59. The first kappa shape index (κ1) is 18.5. The van der Waals surface area contributed by atoms with Crippen LogP contribution in [0, 0.1) is 0 Å². The number of aliphatic carboxylic acids is 1. The molecule has 0 spiro atoms. The lowest BCUT2D eigenvalue weighted by atomic mass is 10.1. The molecule has 0 aliphatic rings. The summed E-state index contributed by atoms with van der Waals surface area (Å²) in [5.74, 6) is -0.892. The van der Waals surface area contributed by atoms with E-state index in [0.717, 1.165) is 5.56 Å². The van der Waals surface area contributed by atoms with E-state index in [1.165, 1.54) is 0 Å². The fraction of sp³-hybridized carbons (Fsp3) is 0.263. The number of carbonyl (C=O) groups excluding carboxylic acids is 1. The first-order valence-corrected chi connectivity index (χ1v) is 7.89. The smallest absolute Gasteiger partial charge is 0.326 e. The number of ether oxygens (including phenoxy) is 2. The topological polar surface area (TPSA) is 84.9 Å². The maximum atomic E-state index is 12.3. The summed E-state index contributed by atoms with van der Waals surface area (Å²) in [6.45, 7) is 0.891. The van der Waals surface area contributed by atoms with Crippen LogP contribution in [0.3, 0.4) is 0 Å². The Balaban J connectivity index is 1.97. The van der Waals surface area contributed by atoms with E-state index in [9.17, 15) is 14.7 Å². The van der Waals surface area contributed by atoms with Crippen LogP contribution in [0.2, 0.25) is 0 Å². The number of rotatable bonds is 9. The van der Waals surface area contributed by atoms with Crippen molar-refractivity contribution < 1.29 is 24.2 Å². The average Bonchev–Trinajstić information content (AvgIpc) is 2.62. The zero-order chi connectivity index (χ0) is 18.1. The lowest BCUT2D eigenvalue weighted by Gasteiger charge is -2.15. The van der Waals surface area contributed by atoms with E-state index in [1.807, 2.05) is 30.3 Å². The minimum absolute atomic E-state index is 0.222. The van der Waals surface area contributed by atoms with Crippen molar-refractivity contribution in [3.8, 4) is 5.75 Å². The molecule has 0 bridgehead atoms. The minimum atomic E-state index is -1.07. The first-order valence-electron chi connectivity index (χ1n) is 7.89. The highest BCUT2D eigenvalue weighted by atomic mass is 16.5. The van der Waals surface area contributed by atoms with E-state index in [4.69, 9.17) is 9.47 Å². The van der Waals surface area contributed by atoms with Gasteiger partial charge in [-0.15, -0.1) is 0 Å². The van der Waals surface area contributed by atoms with Crippen LogP contribution in [0.25, 0.3) is 0 Å². The van der Waals surface area contributed by atoms with E-state index in [1.54, 1.807) is 31.4 Å². The Morgan fingerprint density at radius 2 is 1.72 bits per heavy atom. The van der Waals surface area contributed by atoms with E-state index >= 15 is 0 Å². The van der Waals surface area contributed by atoms with Crippen molar-refractivity contribution >= 4 is 11.9 Å². The van der Waals surface area contributed by atoms with Crippen molar-refractivity contribution in [2.24, 2.45) is 0 Å². The molecule has 2 aromatic carbocycles. The first-order chi connectivity index (χ1) is 12.1. The van der Waals surface area contributed by atoms with Gasteiger partial charge in [0.25, 0.3) is 5.91 Å². The molecule has 1 amide bonds. The second kappa shape index (κ2) is 9.44. The van der Waals surface area contributed by atoms with Gasteiger partial charge >= 0.3 is 5.97 Å². The van der Waals surface area contributed by atoms with Crippen LogP contribution in [-0.4, -0.2) is 43.3 Å². The van der Waals surface area contributed by atoms with Crippen LogP contribution in [0.1, 0.15) is 15.9 Å². The molecule has 0 aliphatic heterocycles. The second-order valence-corrected chi connectivity index (χ2v) is 5.42. The van der Waals surface area contributed by atoms with Gasteiger partial charge in [-0.1, -0.05) is 30.3 Å². The number of methoxy groups -OCH3 is 1. The van der Waals surface area contributed by atoms with Crippen LogP contribution in [0.5, 0.6) is 5.75 Å². The van der Waals surface area contributed by atoms with Crippen LogP contribution >= 0.6 is 0 Å². The van der Waals surface area contributed by atoms with E-state index < -0.39 is 17.9 Å². The molecule has 0 aromatic heterocycles. The predicted molar refractivity (Wildman–Crippen MR) is 92.8 cm³/mol. The molecule has 1 atom stereocenters. The summed E-state index contributed by atoms with van der Waals surface area (Å²) in [5, 5.41) is 11.9. The molecule has 0 heterocycles. The second-order valence-electron chi connectivity index (χ2n) is 5.42. The quantitative estimate of drug-likeness (QED) is 0.682. The summed E-state index contributed by atoms with van der Waals surface area (Å²) in [6.07, 6.45) is 0.222. The number of hydrogen-bond donors (Lipinski definition) is 2. The van der Waals surface area contributed by atoms with Crippen LogP contribution in [0.4, 0.5) is 0 Å². The lowest BCUT2D eigenvalue weighted by molar-refractivity contribution is -0.139. The lowest BCUT2D eigenvalue weighted by Crippen LogP contribution is -2.42. The third-order valence-corrected chi connectivity index (χ3v) is 3.56. The molecule has 132 valence electrons. The standard InChI is InChI=1S/C19H21NO5/c1-24-11-12-25-16-9-7-15(8-10-16)18(21)20-17(19(22)23)13-14-5-3-2-4-6-14/h2-10,17H,11-13H2,1H3,(H,20,21)(H,22,23). The highest BCUT2D eigenvalue weighted by molar-refractivity contribution is 5.96. The van der Waals surface area contributed by atoms with Gasteiger partial charge in [0.2, 0.25) is 0 Å². The van der Waals surface area contributed by atoms with Gasteiger partial charge < -0.3 is 19.9 Å². The molecule has 1 unspecified atom stereocenters. The minimum Gasteiger partial charge on any atom is -0.491 e. The number of nitrogens with one attached hydrogen (secondary N) is 1. The van der Waals surface area contributed by atoms with Crippen LogP contribution in [-0.2, 0) is 16.0 Å². The normalized spacial score (nSPS) is 11.6. The van der Waals surface area contributed by atoms with E-state index in [2.05, 4.69) is 5.32 Å². The number of amides is 1. The van der Waals surface area contributed by atoms with Gasteiger partial charge in [0.15, 0.2) is 0 Å². The molecule has 6 nitrogen and oxygen atoms in total. The van der Waals surface area contributed by atoms with Crippen molar-refractivity contribution in [1.29, 1.82) is 0 Å². The zero-order valence-electron chi connectivity index (χ0n) is 14.0. The zero-order valence-corrected chi connectivity index (χ0v) is 14.0. The Morgan fingerprint density at radius 1 is 1.04 bits per heavy atom. The van der Waals surface area contributed by atoms with E-state index in [-0.39, 0.29) is 6.42 Å². The van der Waals surface area contributed by atoms with Gasteiger partial charge in [-0.05, 0) is 29.8 Å². The summed E-state index contributed by atoms with van der Waals surface area (Å²) < 4.78 is 10.3. The molecular weight excluding hydrogens is 322 g/mol. The van der Waals surface area contributed by atoms with Crippen molar-refractivity contribution in [2.75, 3.05) is 20.3 Å².